The van der Waals surface area contributed by atoms with E-state index >= 15 is 0 Å². The van der Waals surface area contributed by atoms with Gasteiger partial charge in [0, 0.05) is 5.92 Å². The second-order valence-electron chi connectivity index (χ2n) is 8.12. The highest BCUT2D eigenvalue weighted by Gasteiger charge is 2.93. The van der Waals surface area contributed by atoms with Gasteiger partial charge in [-0.15, -0.1) is 0 Å². The van der Waals surface area contributed by atoms with Crippen LogP contribution < -0.4 is 5.73 Å². The molecule has 1 aromatic carbocycles. The molecule has 1 aliphatic heterocycles. The minimum atomic E-state index is -1.55. The number of hydrogen-bond donors (Lipinski definition) is 1. The average Bonchev–Trinajstić information content (AvgIpc) is 3.28. The van der Waals surface area contributed by atoms with Gasteiger partial charge < -0.3 is 15.2 Å². The van der Waals surface area contributed by atoms with Crippen LogP contribution in [0.5, 0.6) is 0 Å². The Morgan fingerprint density at radius 1 is 1.07 bits per heavy atom. The molecule has 1 fully saturated rings. The fraction of sp³-hybridized carbons (Fsp3) is 0.609. The number of nitrogens with zero attached hydrogens (tertiary/aromatic N) is 3. The van der Waals surface area contributed by atoms with Gasteiger partial charge in [0.25, 0.3) is 5.91 Å². The normalized spacial score (nSPS) is 28.9. The number of amidine groups is 1. The Labute approximate surface area is 173 Å². The van der Waals surface area contributed by atoms with E-state index in [0.717, 1.165) is 42.4 Å². The van der Waals surface area contributed by atoms with E-state index in [9.17, 15) is 10.5 Å². The maximum Gasteiger partial charge on any atom is 0.293 e. The van der Waals surface area contributed by atoms with Gasteiger partial charge in [-0.1, -0.05) is 50.5 Å². The third-order valence-electron chi connectivity index (χ3n) is 6.26. The van der Waals surface area contributed by atoms with E-state index in [1.807, 2.05) is 32.0 Å². The summed E-state index contributed by atoms with van der Waals surface area (Å²) in [6.45, 7) is 8.91. The van der Waals surface area contributed by atoms with Crippen LogP contribution in [0.3, 0.4) is 0 Å². The molecule has 0 radical (unpaired) electrons. The highest BCUT2D eigenvalue weighted by atomic mass is 16.7. The van der Waals surface area contributed by atoms with Crippen molar-refractivity contribution < 1.29 is 9.47 Å². The van der Waals surface area contributed by atoms with Crippen LogP contribution in [0, 0.1) is 47.3 Å². The number of nitriles is 2. The summed E-state index contributed by atoms with van der Waals surface area (Å²) in [6.07, 6.45) is 3.49. The molecule has 3 rings (SSSR count). The molecule has 1 saturated carbocycles. The molecule has 0 bridgehead atoms. The van der Waals surface area contributed by atoms with Gasteiger partial charge in [0.2, 0.25) is 0 Å². The second kappa shape index (κ2) is 7.78. The Morgan fingerprint density at radius 3 is 2.21 bits per heavy atom. The van der Waals surface area contributed by atoms with Crippen LogP contribution in [-0.2, 0) is 9.47 Å². The Morgan fingerprint density at radius 2 is 1.69 bits per heavy atom. The van der Waals surface area contributed by atoms with Gasteiger partial charge in [-0.2, -0.15) is 10.5 Å². The molecule has 0 amide bonds. The predicted octanol–water partition coefficient (Wildman–Crippen LogP) is 4.08. The van der Waals surface area contributed by atoms with Crippen molar-refractivity contribution in [1.29, 1.82) is 10.5 Å². The van der Waals surface area contributed by atoms with Crippen molar-refractivity contribution in [3.63, 3.8) is 0 Å². The molecule has 6 heteroatoms. The molecule has 154 valence electrons. The summed E-state index contributed by atoms with van der Waals surface area (Å²) in [5.74, 6) is -1.85. The van der Waals surface area contributed by atoms with Crippen molar-refractivity contribution in [2.45, 2.75) is 65.2 Å². The fourth-order valence-corrected chi connectivity index (χ4v) is 4.61. The number of aryl methyl sites for hydroxylation is 2. The van der Waals surface area contributed by atoms with Crippen molar-refractivity contribution in [3.05, 3.63) is 34.9 Å². The van der Waals surface area contributed by atoms with Crippen molar-refractivity contribution in [3.8, 4) is 12.1 Å². The predicted molar refractivity (Wildman–Crippen MR) is 111 cm³/mol. The third kappa shape index (κ3) is 2.78. The molecular weight excluding hydrogens is 364 g/mol. The summed E-state index contributed by atoms with van der Waals surface area (Å²) in [5, 5.41) is 20.7. The molecule has 1 heterocycles. The highest BCUT2D eigenvalue weighted by Crippen LogP contribution is 2.82. The molecule has 1 aliphatic carbocycles. The Bertz CT molecular complexity index is 887. The molecule has 3 atom stereocenters. The van der Waals surface area contributed by atoms with Crippen molar-refractivity contribution in [2.75, 3.05) is 13.2 Å². The Kier molecular flexibility index (Phi) is 5.72. The topological polar surface area (TPSA) is 104 Å². The first-order valence-corrected chi connectivity index (χ1v) is 10.4. The fourth-order valence-electron chi connectivity index (χ4n) is 4.61. The summed E-state index contributed by atoms with van der Waals surface area (Å²) in [5.41, 5.74) is 6.83. The van der Waals surface area contributed by atoms with Gasteiger partial charge in [-0.25, -0.2) is 4.99 Å². The molecule has 0 spiro atoms. The van der Waals surface area contributed by atoms with Gasteiger partial charge in [0.05, 0.1) is 25.4 Å². The number of fused-ring (bicyclic) bond motifs is 1. The van der Waals surface area contributed by atoms with Gasteiger partial charge in [-0.05, 0) is 37.8 Å². The van der Waals surface area contributed by atoms with Crippen LogP contribution in [0.25, 0.3) is 0 Å². The molecule has 3 unspecified atom stereocenters. The van der Waals surface area contributed by atoms with Crippen LogP contribution >= 0.6 is 0 Å². The van der Waals surface area contributed by atoms with E-state index in [1.54, 1.807) is 0 Å². The maximum absolute atomic E-state index is 10.4. The Balaban J connectivity index is 2.14. The zero-order valence-electron chi connectivity index (χ0n) is 17.8. The largest absolute Gasteiger partial charge is 0.386 e. The van der Waals surface area contributed by atoms with Crippen molar-refractivity contribution in [2.24, 2.45) is 21.6 Å². The van der Waals surface area contributed by atoms with Crippen molar-refractivity contribution >= 4 is 5.84 Å². The average molecular weight is 395 g/mol. The maximum atomic E-state index is 10.4. The first-order chi connectivity index (χ1) is 13.9. The minimum absolute atomic E-state index is 0.139. The minimum Gasteiger partial charge on any atom is -0.386 e. The number of nitrogens with two attached hydrogens (primary N) is 1. The van der Waals surface area contributed by atoms with Gasteiger partial charge in [0.15, 0.2) is 5.41 Å². The van der Waals surface area contributed by atoms with E-state index in [4.69, 9.17) is 15.2 Å². The van der Waals surface area contributed by atoms with Crippen LogP contribution in [0.15, 0.2) is 23.2 Å². The van der Waals surface area contributed by atoms with Gasteiger partial charge in [0.1, 0.15) is 11.3 Å². The zero-order chi connectivity index (χ0) is 21.3. The standard InChI is InChI=1S/C23H30N4O2/c1-5-7-11-28-23(29-12-8-6-2)22(15-25)19(21(22,14-24)20(26)27-23)18-13-16(3)9-10-17(18)4/h9-10,13,19H,5-8,11-12H2,1-4H3,(H2,26,27). The van der Waals surface area contributed by atoms with Crippen LogP contribution in [0.1, 0.15) is 62.1 Å². The molecule has 29 heavy (non-hydrogen) atoms. The molecular formula is C23H30N4O2. The molecule has 6 nitrogen and oxygen atoms in total. The van der Waals surface area contributed by atoms with Crippen molar-refractivity contribution in [1.82, 2.24) is 0 Å². The van der Waals surface area contributed by atoms with Crippen LogP contribution in [-0.4, -0.2) is 25.0 Å². The third-order valence-corrected chi connectivity index (χ3v) is 6.26. The highest BCUT2D eigenvalue weighted by molar-refractivity contribution is 6.00. The molecule has 0 aromatic heterocycles. The lowest BCUT2D eigenvalue weighted by molar-refractivity contribution is -0.260. The van der Waals surface area contributed by atoms with E-state index in [2.05, 4.69) is 31.0 Å². The zero-order valence-corrected chi connectivity index (χ0v) is 17.8. The lowest BCUT2D eigenvalue weighted by Gasteiger charge is -2.33. The van der Waals surface area contributed by atoms with E-state index in [-0.39, 0.29) is 5.84 Å². The molecule has 0 saturated heterocycles. The van der Waals surface area contributed by atoms with E-state index < -0.39 is 22.7 Å². The first-order valence-electron chi connectivity index (χ1n) is 10.4. The first kappa shape index (κ1) is 21.3. The smallest absolute Gasteiger partial charge is 0.293 e. The van der Waals surface area contributed by atoms with E-state index in [1.165, 1.54) is 0 Å². The number of aliphatic imine (C=N–C) groups is 1. The summed E-state index contributed by atoms with van der Waals surface area (Å²) in [6, 6.07) is 10.8. The molecule has 2 N–H and O–H groups in total. The lowest BCUT2D eigenvalue weighted by Crippen LogP contribution is -2.44. The number of hydrogen-bond acceptors (Lipinski definition) is 6. The lowest BCUT2D eigenvalue weighted by atomic mass is 9.92. The number of benzene rings is 1. The van der Waals surface area contributed by atoms with Gasteiger partial charge >= 0.3 is 0 Å². The van der Waals surface area contributed by atoms with Crippen LogP contribution in [0.2, 0.25) is 0 Å². The summed E-state index contributed by atoms with van der Waals surface area (Å²) >= 11 is 0. The monoisotopic (exact) mass is 394 g/mol. The summed E-state index contributed by atoms with van der Waals surface area (Å²) in [7, 11) is 0. The Hall–Kier alpha value is -2.41. The second-order valence-corrected chi connectivity index (χ2v) is 8.12. The quantitative estimate of drug-likeness (QED) is 0.502. The number of rotatable bonds is 9. The van der Waals surface area contributed by atoms with Gasteiger partial charge in [-0.3, -0.25) is 0 Å². The SMILES string of the molecule is CCCCOC1(OCCCC)N=C(N)C2(C#N)C(c3cc(C)ccc3C)C12C#N. The summed E-state index contributed by atoms with van der Waals surface area (Å²) in [4.78, 5) is 4.51. The molecule has 1 aromatic rings. The number of ether oxygens (including phenoxy) is 2. The molecule has 2 aliphatic rings. The van der Waals surface area contributed by atoms with Crippen LogP contribution in [0.4, 0.5) is 0 Å². The van der Waals surface area contributed by atoms with E-state index in [0.29, 0.717) is 13.2 Å². The number of unbranched alkanes of at least 4 members (excludes halogenated alkanes) is 2. The summed E-state index contributed by atoms with van der Waals surface area (Å²) < 4.78 is 12.4.